The molecule has 0 aliphatic carbocycles. The van der Waals surface area contributed by atoms with Crippen LogP contribution in [0, 0.1) is 0 Å². The molecule has 0 amide bonds. The zero-order valence-corrected chi connectivity index (χ0v) is 7.32. The van der Waals surface area contributed by atoms with Crippen LogP contribution in [-0.2, 0) is 15.5 Å². The Morgan fingerprint density at radius 3 is 3.00 bits per heavy atom. The molecule has 0 bridgehead atoms. The Balaban J connectivity index is 2.65. The lowest BCUT2D eigenvalue weighted by Crippen LogP contribution is -2.02. The molecular formula is C7H9NO3S. The van der Waals surface area contributed by atoms with E-state index in [9.17, 15) is 4.21 Å². The third-order valence-corrected chi connectivity index (χ3v) is 1.83. The van der Waals surface area contributed by atoms with Crippen LogP contribution in [0.3, 0.4) is 0 Å². The van der Waals surface area contributed by atoms with Gasteiger partial charge < -0.3 is 0 Å². The van der Waals surface area contributed by atoms with E-state index in [4.69, 9.17) is 4.55 Å². The number of nitrogens with zero attached hydrogens (tertiary/aromatic N) is 1. The van der Waals surface area contributed by atoms with Crippen molar-refractivity contribution in [2.75, 3.05) is 0 Å². The number of hydrogen-bond donors (Lipinski definition) is 1. The van der Waals surface area contributed by atoms with Gasteiger partial charge in [0.1, 0.15) is 6.10 Å². The Morgan fingerprint density at radius 2 is 2.50 bits per heavy atom. The lowest BCUT2D eigenvalue weighted by atomic mass is 10.2. The van der Waals surface area contributed by atoms with Crippen molar-refractivity contribution in [3.63, 3.8) is 0 Å². The molecule has 2 atom stereocenters. The Morgan fingerprint density at radius 1 is 1.75 bits per heavy atom. The van der Waals surface area contributed by atoms with E-state index in [2.05, 4.69) is 9.17 Å². The van der Waals surface area contributed by atoms with Crippen LogP contribution >= 0.6 is 0 Å². The van der Waals surface area contributed by atoms with Gasteiger partial charge in [-0.1, -0.05) is 6.07 Å². The third-order valence-electron chi connectivity index (χ3n) is 1.38. The molecule has 0 spiro atoms. The maximum Gasteiger partial charge on any atom is 0.302 e. The molecular weight excluding hydrogens is 178 g/mol. The van der Waals surface area contributed by atoms with E-state index in [0.29, 0.717) is 0 Å². The smallest absolute Gasteiger partial charge is 0.284 e. The van der Waals surface area contributed by atoms with E-state index in [1.165, 1.54) is 0 Å². The van der Waals surface area contributed by atoms with Crippen molar-refractivity contribution in [2.24, 2.45) is 0 Å². The van der Waals surface area contributed by atoms with Gasteiger partial charge in [0.2, 0.25) is 0 Å². The molecule has 1 aromatic rings. The highest BCUT2D eigenvalue weighted by Crippen LogP contribution is 2.15. The monoisotopic (exact) mass is 187 g/mol. The zero-order chi connectivity index (χ0) is 8.97. The van der Waals surface area contributed by atoms with Gasteiger partial charge in [-0.3, -0.25) is 13.7 Å². The van der Waals surface area contributed by atoms with Crippen LogP contribution in [0.1, 0.15) is 18.6 Å². The average Bonchev–Trinajstić information content (AvgIpc) is 2.05. The van der Waals surface area contributed by atoms with Crippen LogP contribution in [-0.4, -0.2) is 13.7 Å². The predicted molar refractivity (Wildman–Crippen MR) is 44.5 cm³/mol. The number of aromatic nitrogens is 1. The lowest BCUT2D eigenvalue weighted by molar-refractivity contribution is 0.227. The number of rotatable bonds is 3. The normalized spacial score (nSPS) is 15.5. The van der Waals surface area contributed by atoms with Crippen molar-refractivity contribution < 1.29 is 12.9 Å². The average molecular weight is 187 g/mol. The first-order valence-corrected chi connectivity index (χ1v) is 4.41. The number of hydrogen-bond acceptors (Lipinski definition) is 3. The highest BCUT2D eigenvalue weighted by Gasteiger charge is 2.07. The second kappa shape index (κ2) is 4.30. The van der Waals surface area contributed by atoms with E-state index < -0.39 is 17.5 Å². The molecule has 0 aromatic carbocycles. The first-order valence-electron chi connectivity index (χ1n) is 3.38. The summed E-state index contributed by atoms with van der Waals surface area (Å²) in [6.45, 7) is 1.69. The Bertz CT molecular complexity index is 265. The van der Waals surface area contributed by atoms with Crippen LogP contribution < -0.4 is 0 Å². The summed E-state index contributed by atoms with van der Waals surface area (Å²) in [5, 5.41) is 0. The standard InChI is InChI=1S/C7H9NO3S/c1-6(11-12(9)10)7-3-2-4-8-5-7/h2-6H,1H3,(H,9,10). The molecule has 0 aliphatic heterocycles. The molecule has 12 heavy (non-hydrogen) atoms. The summed E-state index contributed by atoms with van der Waals surface area (Å²) in [7, 11) is 0. The fourth-order valence-corrected chi connectivity index (χ4v) is 1.15. The summed E-state index contributed by atoms with van der Waals surface area (Å²) in [4.78, 5) is 3.85. The molecule has 0 saturated heterocycles. The SMILES string of the molecule is CC(OS(=O)O)c1cccnc1. The van der Waals surface area contributed by atoms with Crippen molar-refractivity contribution in [1.82, 2.24) is 4.98 Å². The summed E-state index contributed by atoms with van der Waals surface area (Å²) < 4.78 is 23.3. The molecule has 5 heteroatoms. The molecule has 1 heterocycles. The first-order chi connectivity index (χ1) is 5.70. The van der Waals surface area contributed by atoms with Crippen molar-refractivity contribution >= 4 is 11.4 Å². The van der Waals surface area contributed by atoms with Gasteiger partial charge in [0.15, 0.2) is 0 Å². The second-order valence-corrected chi connectivity index (χ2v) is 2.87. The molecule has 0 aliphatic rings. The second-order valence-electron chi connectivity index (χ2n) is 2.24. The van der Waals surface area contributed by atoms with E-state index in [-0.39, 0.29) is 0 Å². The summed E-state index contributed by atoms with van der Waals surface area (Å²) in [5.41, 5.74) is 0.778. The van der Waals surface area contributed by atoms with Crippen LogP contribution in [0.25, 0.3) is 0 Å². The molecule has 1 N–H and O–H groups in total. The summed E-state index contributed by atoms with van der Waals surface area (Å²) in [5.74, 6) is 0. The summed E-state index contributed by atoms with van der Waals surface area (Å²) >= 11 is -2.22. The molecule has 0 radical (unpaired) electrons. The highest BCUT2D eigenvalue weighted by molar-refractivity contribution is 7.74. The minimum absolute atomic E-state index is 0.412. The third kappa shape index (κ3) is 2.69. The molecule has 0 saturated carbocycles. The Kier molecular flexibility index (Phi) is 3.33. The molecule has 0 fully saturated rings. The Labute approximate surface area is 73.1 Å². The van der Waals surface area contributed by atoms with E-state index in [1.54, 1.807) is 31.5 Å². The van der Waals surface area contributed by atoms with Gasteiger partial charge >= 0.3 is 11.4 Å². The van der Waals surface area contributed by atoms with E-state index in [1.807, 2.05) is 0 Å². The van der Waals surface area contributed by atoms with Gasteiger partial charge in [0.05, 0.1) is 0 Å². The maximum atomic E-state index is 10.3. The zero-order valence-electron chi connectivity index (χ0n) is 6.51. The van der Waals surface area contributed by atoms with Gasteiger partial charge in [-0.05, 0) is 13.0 Å². The lowest BCUT2D eigenvalue weighted by Gasteiger charge is -2.07. The van der Waals surface area contributed by atoms with Gasteiger partial charge in [-0.2, -0.15) is 4.21 Å². The summed E-state index contributed by atoms with van der Waals surface area (Å²) in [6.07, 6.45) is 2.81. The van der Waals surface area contributed by atoms with Crippen LogP contribution in [0.2, 0.25) is 0 Å². The topological polar surface area (TPSA) is 59.4 Å². The van der Waals surface area contributed by atoms with E-state index in [0.717, 1.165) is 5.56 Å². The number of pyridine rings is 1. The maximum absolute atomic E-state index is 10.3. The van der Waals surface area contributed by atoms with Crippen LogP contribution in [0.15, 0.2) is 24.5 Å². The Hall–Kier alpha value is -0.780. The van der Waals surface area contributed by atoms with Gasteiger partial charge in [0, 0.05) is 18.0 Å². The summed E-state index contributed by atoms with van der Waals surface area (Å²) in [6, 6.07) is 3.53. The van der Waals surface area contributed by atoms with Crippen LogP contribution in [0.4, 0.5) is 0 Å². The van der Waals surface area contributed by atoms with Gasteiger partial charge in [-0.25, -0.2) is 0 Å². The van der Waals surface area contributed by atoms with Crippen molar-refractivity contribution in [3.8, 4) is 0 Å². The first kappa shape index (κ1) is 9.31. The van der Waals surface area contributed by atoms with Gasteiger partial charge in [-0.15, -0.1) is 0 Å². The quantitative estimate of drug-likeness (QED) is 0.724. The highest BCUT2D eigenvalue weighted by atomic mass is 32.2. The fourth-order valence-electron chi connectivity index (χ4n) is 0.795. The van der Waals surface area contributed by atoms with Gasteiger partial charge in [0.25, 0.3) is 0 Å². The van der Waals surface area contributed by atoms with Crippen molar-refractivity contribution in [1.29, 1.82) is 0 Å². The molecule has 4 nitrogen and oxygen atoms in total. The van der Waals surface area contributed by atoms with Crippen LogP contribution in [0.5, 0.6) is 0 Å². The van der Waals surface area contributed by atoms with Crippen molar-refractivity contribution in [3.05, 3.63) is 30.1 Å². The minimum Gasteiger partial charge on any atom is -0.284 e. The fraction of sp³-hybridized carbons (Fsp3) is 0.286. The molecule has 66 valence electrons. The predicted octanol–water partition coefficient (Wildman–Crippen LogP) is 1.30. The molecule has 2 unspecified atom stereocenters. The van der Waals surface area contributed by atoms with E-state index >= 15 is 0 Å². The molecule has 1 rings (SSSR count). The largest absolute Gasteiger partial charge is 0.302 e. The minimum atomic E-state index is -2.22. The molecule has 1 aromatic heterocycles. The van der Waals surface area contributed by atoms with Crippen molar-refractivity contribution in [2.45, 2.75) is 13.0 Å².